The van der Waals surface area contributed by atoms with Crippen LogP contribution < -0.4 is 5.56 Å². The number of H-pyrrole nitrogens is 1. The summed E-state index contributed by atoms with van der Waals surface area (Å²) in [7, 11) is 1.72. The smallest absolute Gasteiger partial charge is 0.260 e. The summed E-state index contributed by atoms with van der Waals surface area (Å²) < 4.78 is 1.54. The van der Waals surface area contributed by atoms with Gasteiger partial charge >= 0.3 is 0 Å². The van der Waals surface area contributed by atoms with E-state index in [-0.39, 0.29) is 11.5 Å². The first-order chi connectivity index (χ1) is 9.59. The van der Waals surface area contributed by atoms with E-state index in [1.807, 2.05) is 11.8 Å². The summed E-state index contributed by atoms with van der Waals surface area (Å²) in [5, 5.41) is 0.517. The average Bonchev–Trinajstić information content (AvgIpc) is 2.90. The summed E-state index contributed by atoms with van der Waals surface area (Å²) in [5.74, 6) is -0.0290. The maximum absolute atomic E-state index is 12.6. The second-order valence-electron chi connectivity index (χ2n) is 5.53. The molecule has 1 amide bonds. The number of carbonyl (C=O) groups excluding carboxylic acids is 1. The number of carbonyl (C=O) groups is 1. The number of nitrogens with one attached hydrogen (secondary N) is 1. The van der Waals surface area contributed by atoms with Crippen molar-refractivity contribution in [1.82, 2.24) is 14.5 Å². The Morgan fingerprint density at radius 1 is 1.25 bits per heavy atom. The third kappa shape index (κ3) is 1.94. The second kappa shape index (κ2) is 4.81. The molecule has 1 fully saturated rings. The molecule has 0 aromatic carbocycles. The highest BCUT2D eigenvalue weighted by molar-refractivity contribution is 6.07. The van der Waals surface area contributed by atoms with Crippen molar-refractivity contribution in [3.63, 3.8) is 0 Å². The predicted molar refractivity (Wildman–Crippen MR) is 78.0 cm³/mol. The number of hydrogen-bond acceptors (Lipinski definition) is 2. The van der Waals surface area contributed by atoms with Gasteiger partial charge in [-0.05, 0) is 31.7 Å². The largest absolute Gasteiger partial charge is 0.360 e. The number of piperidine rings is 1. The molecule has 0 unspecified atom stereocenters. The Kier molecular flexibility index (Phi) is 3.12. The Labute approximate surface area is 117 Å². The lowest BCUT2D eigenvalue weighted by atomic mass is 10.1. The van der Waals surface area contributed by atoms with Gasteiger partial charge in [0.15, 0.2) is 0 Å². The van der Waals surface area contributed by atoms with Crippen LogP contribution in [0.3, 0.4) is 0 Å². The van der Waals surface area contributed by atoms with Crippen molar-refractivity contribution >= 4 is 16.8 Å². The van der Waals surface area contributed by atoms with Gasteiger partial charge in [0.1, 0.15) is 0 Å². The molecule has 0 bridgehead atoms. The van der Waals surface area contributed by atoms with Crippen LogP contribution in [0.2, 0.25) is 0 Å². The van der Waals surface area contributed by atoms with Crippen LogP contribution in [-0.4, -0.2) is 33.4 Å². The van der Waals surface area contributed by atoms with Crippen molar-refractivity contribution in [2.45, 2.75) is 26.2 Å². The maximum atomic E-state index is 12.6. The van der Waals surface area contributed by atoms with Crippen molar-refractivity contribution in [2.24, 2.45) is 7.05 Å². The summed E-state index contributed by atoms with van der Waals surface area (Å²) in [6, 6.07) is 0. The van der Waals surface area contributed by atoms with Crippen molar-refractivity contribution in [1.29, 1.82) is 0 Å². The molecule has 0 saturated carbocycles. The molecule has 5 heteroatoms. The van der Waals surface area contributed by atoms with Crippen LogP contribution in [0.4, 0.5) is 0 Å². The molecule has 1 aliphatic rings. The van der Waals surface area contributed by atoms with Gasteiger partial charge in [0.2, 0.25) is 0 Å². The Bertz CT molecular complexity index is 721. The lowest BCUT2D eigenvalue weighted by Crippen LogP contribution is -2.36. The minimum atomic E-state index is -0.118. The molecular weight excluding hydrogens is 254 g/mol. The lowest BCUT2D eigenvalue weighted by molar-refractivity contribution is 0.0726. The highest BCUT2D eigenvalue weighted by Gasteiger charge is 2.23. The molecule has 0 radical (unpaired) electrons. The average molecular weight is 273 g/mol. The Balaban J connectivity index is 2.12. The topological polar surface area (TPSA) is 58.1 Å². The molecule has 2 aromatic rings. The number of aromatic amines is 1. The highest BCUT2D eigenvalue weighted by Crippen LogP contribution is 2.20. The van der Waals surface area contributed by atoms with Crippen molar-refractivity contribution in [3.8, 4) is 0 Å². The maximum Gasteiger partial charge on any atom is 0.260 e. The minimum absolute atomic E-state index is 0.0290. The number of fused-ring (bicyclic) bond motifs is 1. The Morgan fingerprint density at radius 2 is 1.95 bits per heavy atom. The molecule has 20 heavy (non-hydrogen) atoms. The van der Waals surface area contributed by atoms with E-state index in [0.717, 1.165) is 37.0 Å². The highest BCUT2D eigenvalue weighted by atomic mass is 16.2. The first kappa shape index (κ1) is 13.0. The van der Waals surface area contributed by atoms with Gasteiger partial charge in [-0.2, -0.15) is 0 Å². The first-order valence-corrected chi connectivity index (χ1v) is 7.06. The minimum Gasteiger partial charge on any atom is -0.360 e. The molecule has 0 spiro atoms. The van der Waals surface area contributed by atoms with Gasteiger partial charge in [0, 0.05) is 32.5 Å². The van der Waals surface area contributed by atoms with Crippen LogP contribution in [0.1, 0.15) is 35.2 Å². The van der Waals surface area contributed by atoms with Gasteiger partial charge in [0.05, 0.1) is 16.5 Å². The fourth-order valence-electron chi connectivity index (χ4n) is 2.98. The van der Waals surface area contributed by atoms with Gasteiger partial charge < -0.3 is 14.5 Å². The van der Waals surface area contributed by atoms with E-state index in [1.165, 1.54) is 6.42 Å². The molecule has 0 atom stereocenters. The number of aromatic nitrogens is 2. The van der Waals surface area contributed by atoms with Crippen LogP contribution in [0.15, 0.2) is 17.2 Å². The lowest BCUT2D eigenvalue weighted by Gasteiger charge is -2.26. The molecule has 106 valence electrons. The summed E-state index contributed by atoms with van der Waals surface area (Å²) in [4.78, 5) is 29.9. The number of nitrogens with zero attached hydrogens (tertiary/aromatic N) is 2. The Morgan fingerprint density at radius 3 is 2.65 bits per heavy atom. The van der Waals surface area contributed by atoms with Crippen LogP contribution in [-0.2, 0) is 7.05 Å². The molecule has 3 heterocycles. The number of aryl methyl sites for hydroxylation is 2. The van der Waals surface area contributed by atoms with E-state index >= 15 is 0 Å². The summed E-state index contributed by atoms with van der Waals surface area (Å²) >= 11 is 0. The monoisotopic (exact) mass is 273 g/mol. The zero-order chi connectivity index (χ0) is 14.3. The zero-order valence-electron chi connectivity index (χ0n) is 11.9. The van der Waals surface area contributed by atoms with Crippen LogP contribution >= 0.6 is 0 Å². The van der Waals surface area contributed by atoms with E-state index in [4.69, 9.17) is 0 Å². The Hall–Kier alpha value is -2.04. The molecule has 1 aliphatic heterocycles. The van der Waals surface area contributed by atoms with E-state index in [2.05, 4.69) is 4.98 Å². The van der Waals surface area contributed by atoms with Crippen LogP contribution in [0, 0.1) is 6.92 Å². The quantitative estimate of drug-likeness (QED) is 0.861. The van der Waals surface area contributed by atoms with Crippen molar-refractivity contribution in [3.05, 3.63) is 33.9 Å². The third-order valence-corrected chi connectivity index (χ3v) is 4.07. The van der Waals surface area contributed by atoms with Crippen LogP contribution in [0.25, 0.3) is 10.9 Å². The fraction of sp³-hybridized carbons (Fsp3) is 0.467. The molecule has 2 aromatic heterocycles. The molecule has 5 nitrogen and oxygen atoms in total. The van der Waals surface area contributed by atoms with Gasteiger partial charge in [-0.25, -0.2) is 0 Å². The first-order valence-electron chi connectivity index (χ1n) is 7.06. The molecule has 1 N–H and O–H groups in total. The van der Waals surface area contributed by atoms with E-state index in [1.54, 1.807) is 24.0 Å². The van der Waals surface area contributed by atoms with E-state index < -0.39 is 0 Å². The number of hydrogen-bond donors (Lipinski definition) is 1. The van der Waals surface area contributed by atoms with Crippen molar-refractivity contribution < 1.29 is 4.79 Å². The van der Waals surface area contributed by atoms with Gasteiger partial charge in [-0.15, -0.1) is 0 Å². The molecule has 1 saturated heterocycles. The SMILES string of the molecule is Cc1cn(C)c(=O)c2c(C(=O)N3CCCCC3)c[nH]c12. The predicted octanol–water partition coefficient (Wildman–Crippen LogP) is 1.80. The van der Waals surface area contributed by atoms with Crippen LogP contribution in [0.5, 0.6) is 0 Å². The number of amides is 1. The third-order valence-electron chi connectivity index (χ3n) is 4.07. The second-order valence-corrected chi connectivity index (χ2v) is 5.53. The van der Waals surface area contributed by atoms with Crippen molar-refractivity contribution in [2.75, 3.05) is 13.1 Å². The fourth-order valence-corrected chi connectivity index (χ4v) is 2.98. The molecule has 0 aliphatic carbocycles. The van der Waals surface area contributed by atoms with E-state index in [9.17, 15) is 9.59 Å². The number of rotatable bonds is 1. The standard InChI is InChI=1S/C15H19N3O2/c1-10-9-17(2)15(20)12-11(8-16-13(10)12)14(19)18-6-4-3-5-7-18/h8-9,16H,3-7H2,1-2H3. The summed E-state index contributed by atoms with van der Waals surface area (Å²) in [6.07, 6.45) is 6.74. The van der Waals surface area contributed by atoms with Gasteiger partial charge in [-0.3, -0.25) is 9.59 Å². The molecular formula is C15H19N3O2. The summed E-state index contributed by atoms with van der Waals surface area (Å²) in [6.45, 7) is 3.52. The number of pyridine rings is 1. The van der Waals surface area contributed by atoms with Gasteiger partial charge in [-0.1, -0.05) is 0 Å². The summed E-state index contributed by atoms with van der Waals surface area (Å²) in [5.41, 5.74) is 2.13. The number of likely N-dealkylation sites (tertiary alicyclic amines) is 1. The molecule has 3 rings (SSSR count). The van der Waals surface area contributed by atoms with E-state index in [0.29, 0.717) is 10.9 Å². The normalized spacial score (nSPS) is 15.8. The van der Waals surface area contributed by atoms with Gasteiger partial charge in [0.25, 0.3) is 11.5 Å². The zero-order valence-corrected chi connectivity index (χ0v) is 11.9.